The molecule has 1 aliphatic heterocycles. The van der Waals surface area contributed by atoms with Crippen LogP contribution in [-0.4, -0.2) is 23.1 Å². The summed E-state index contributed by atoms with van der Waals surface area (Å²) >= 11 is 10.2. The average Bonchev–Trinajstić information content (AvgIpc) is 3.18. The van der Waals surface area contributed by atoms with Gasteiger partial charge in [0.25, 0.3) is 0 Å². The molecule has 6 heteroatoms. The first-order chi connectivity index (χ1) is 10.7. The van der Waals surface area contributed by atoms with Gasteiger partial charge in [-0.1, -0.05) is 11.6 Å². The maximum Gasteiger partial charge on any atom is 0.150 e. The Bertz CT molecular complexity index is 714. The molecule has 0 spiro atoms. The molecule has 0 amide bonds. The minimum atomic E-state index is -0.277. The molecule has 1 aromatic carbocycles. The first-order valence-electron chi connectivity index (χ1n) is 7.73. The zero-order valence-corrected chi connectivity index (χ0v) is 14.4. The second-order valence-corrected chi connectivity index (χ2v) is 7.39. The molecule has 118 valence electrons. The number of ether oxygens (including phenoxy) is 1. The Labute approximate surface area is 141 Å². The SMILES string of the molecule is FC[C@H]1C[C@H]1c1c(Cl)cc2c(cnn2C2CCCCO2)c1Br. The topological polar surface area (TPSA) is 27.1 Å². The van der Waals surface area contributed by atoms with E-state index in [9.17, 15) is 4.39 Å². The summed E-state index contributed by atoms with van der Waals surface area (Å²) in [6, 6.07) is 1.95. The Kier molecular flexibility index (Phi) is 3.91. The molecule has 1 saturated heterocycles. The third kappa shape index (κ3) is 2.38. The Balaban J connectivity index is 1.77. The van der Waals surface area contributed by atoms with Gasteiger partial charge in [-0.05, 0) is 65.1 Å². The zero-order chi connectivity index (χ0) is 15.3. The molecule has 0 bridgehead atoms. The fraction of sp³-hybridized carbons (Fsp3) is 0.562. The van der Waals surface area contributed by atoms with Crippen LogP contribution in [-0.2, 0) is 4.74 Å². The first kappa shape index (κ1) is 14.9. The Morgan fingerprint density at radius 1 is 1.45 bits per heavy atom. The number of halogens is 3. The second kappa shape index (κ2) is 5.77. The fourth-order valence-electron chi connectivity index (χ4n) is 3.39. The summed E-state index contributed by atoms with van der Waals surface area (Å²) in [5.41, 5.74) is 2.01. The third-order valence-electron chi connectivity index (χ3n) is 4.75. The van der Waals surface area contributed by atoms with Crippen molar-refractivity contribution in [3.8, 4) is 0 Å². The molecule has 1 aliphatic carbocycles. The molecule has 2 fully saturated rings. The molecule has 4 rings (SSSR count). The van der Waals surface area contributed by atoms with E-state index in [1.165, 1.54) is 0 Å². The number of rotatable bonds is 3. The number of alkyl halides is 1. The monoisotopic (exact) mass is 386 g/mol. The molecule has 1 aromatic heterocycles. The first-order valence-corrected chi connectivity index (χ1v) is 8.90. The zero-order valence-electron chi connectivity index (χ0n) is 12.1. The molecular weight excluding hydrogens is 371 g/mol. The van der Waals surface area contributed by atoms with Gasteiger partial charge in [-0.3, -0.25) is 4.39 Å². The number of benzene rings is 1. The Morgan fingerprint density at radius 3 is 3.00 bits per heavy atom. The van der Waals surface area contributed by atoms with E-state index in [1.54, 1.807) is 0 Å². The predicted octanol–water partition coefficient (Wildman–Crippen LogP) is 5.22. The lowest BCUT2D eigenvalue weighted by Gasteiger charge is -2.23. The minimum Gasteiger partial charge on any atom is -0.356 e. The van der Waals surface area contributed by atoms with Crippen LogP contribution in [0.1, 0.15) is 43.4 Å². The number of hydrogen-bond acceptors (Lipinski definition) is 2. The van der Waals surface area contributed by atoms with Crippen molar-refractivity contribution in [2.75, 3.05) is 13.3 Å². The van der Waals surface area contributed by atoms with E-state index >= 15 is 0 Å². The summed E-state index contributed by atoms with van der Waals surface area (Å²) in [6.45, 7) is 0.500. The van der Waals surface area contributed by atoms with Crippen LogP contribution in [0.4, 0.5) is 4.39 Å². The van der Waals surface area contributed by atoms with Crippen LogP contribution in [0.5, 0.6) is 0 Å². The number of fused-ring (bicyclic) bond motifs is 1. The number of hydrogen-bond donors (Lipinski definition) is 0. The molecule has 2 aliphatic rings. The maximum atomic E-state index is 12.8. The predicted molar refractivity (Wildman–Crippen MR) is 88.1 cm³/mol. The molecule has 1 saturated carbocycles. The second-order valence-electron chi connectivity index (χ2n) is 6.19. The standard InChI is InChI=1S/C16H17BrClFN2O/c17-16-11-8-20-21(14-3-1-2-4-22-14)13(11)6-12(18)15(16)10-5-9(10)7-19/h6,8-10,14H,1-5,7H2/t9-,10-,14?/m1/s1. The molecule has 2 aromatic rings. The molecule has 0 N–H and O–H groups in total. The van der Waals surface area contributed by atoms with Crippen molar-refractivity contribution in [3.05, 3.63) is 27.3 Å². The summed E-state index contributed by atoms with van der Waals surface area (Å²) in [7, 11) is 0. The number of nitrogens with zero attached hydrogens (tertiary/aromatic N) is 2. The van der Waals surface area contributed by atoms with Crippen LogP contribution < -0.4 is 0 Å². The lowest BCUT2D eigenvalue weighted by atomic mass is 10.1. The summed E-state index contributed by atoms with van der Waals surface area (Å²) in [5, 5.41) is 6.23. The van der Waals surface area contributed by atoms with Crippen molar-refractivity contribution in [3.63, 3.8) is 0 Å². The van der Waals surface area contributed by atoms with E-state index < -0.39 is 0 Å². The van der Waals surface area contributed by atoms with E-state index in [0.29, 0.717) is 5.02 Å². The van der Waals surface area contributed by atoms with Gasteiger partial charge >= 0.3 is 0 Å². The molecule has 3 atom stereocenters. The van der Waals surface area contributed by atoms with Crippen LogP contribution in [0.25, 0.3) is 10.9 Å². The van der Waals surface area contributed by atoms with Gasteiger partial charge < -0.3 is 4.74 Å². The van der Waals surface area contributed by atoms with Crippen molar-refractivity contribution in [2.24, 2.45) is 5.92 Å². The molecule has 0 radical (unpaired) electrons. The van der Waals surface area contributed by atoms with Crippen LogP contribution in [0.2, 0.25) is 5.02 Å². The number of aromatic nitrogens is 2. The largest absolute Gasteiger partial charge is 0.356 e. The molecule has 22 heavy (non-hydrogen) atoms. The highest BCUT2D eigenvalue weighted by Crippen LogP contribution is 2.53. The Morgan fingerprint density at radius 2 is 2.32 bits per heavy atom. The van der Waals surface area contributed by atoms with Gasteiger partial charge in [0.05, 0.1) is 18.4 Å². The van der Waals surface area contributed by atoms with Crippen molar-refractivity contribution in [1.29, 1.82) is 0 Å². The van der Waals surface area contributed by atoms with E-state index in [1.807, 2.05) is 16.9 Å². The highest BCUT2D eigenvalue weighted by molar-refractivity contribution is 9.10. The molecular formula is C16H17BrClFN2O. The normalized spacial score (nSPS) is 28.2. The minimum absolute atomic E-state index is 0.0143. The van der Waals surface area contributed by atoms with Gasteiger partial charge in [-0.15, -0.1) is 0 Å². The fourth-order valence-corrected chi connectivity index (χ4v) is 4.66. The third-order valence-corrected chi connectivity index (χ3v) is 5.91. The molecule has 2 heterocycles. The highest BCUT2D eigenvalue weighted by Gasteiger charge is 2.41. The smallest absolute Gasteiger partial charge is 0.150 e. The van der Waals surface area contributed by atoms with Gasteiger partial charge in [-0.2, -0.15) is 5.10 Å². The van der Waals surface area contributed by atoms with Crippen LogP contribution in [0.15, 0.2) is 16.7 Å². The van der Waals surface area contributed by atoms with Crippen LogP contribution in [0, 0.1) is 5.92 Å². The van der Waals surface area contributed by atoms with Crippen molar-refractivity contribution in [1.82, 2.24) is 9.78 Å². The van der Waals surface area contributed by atoms with E-state index in [2.05, 4.69) is 21.0 Å². The lowest BCUT2D eigenvalue weighted by molar-refractivity contribution is -0.0366. The Hall–Kier alpha value is -0.650. The summed E-state index contributed by atoms with van der Waals surface area (Å²) in [6.07, 6.45) is 5.94. The van der Waals surface area contributed by atoms with Gasteiger partial charge in [0.15, 0.2) is 6.23 Å². The van der Waals surface area contributed by atoms with Crippen molar-refractivity contribution >= 4 is 38.4 Å². The van der Waals surface area contributed by atoms with E-state index in [-0.39, 0.29) is 24.7 Å². The van der Waals surface area contributed by atoms with Gasteiger partial charge in [0, 0.05) is 21.5 Å². The van der Waals surface area contributed by atoms with Crippen molar-refractivity contribution < 1.29 is 9.13 Å². The summed E-state index contributed by atoms with van der Waals surface area (Å²) in [4.78, 5) is 0. The quantitative estimate of drug-likeness (QED) is 0.721. The summed E-state index contributed by atoms with van der Waals surface area (Å²) in [5.74, 6) is 0.341. The van der Waals surface area contributed by atoms with Gasteiger partial charge in [0.1, 0.15) is 0 Å². The highest BCUT2D eigenvalue weighted by atomic mass is 79.9. The van der Waals surface area contributed by atoms with Gasteiger partial charge in [0.2, 0.25) is 0 Å². The van der Waals surface area contributed by atoms with Gasteiger partial charge in [-0.25, -0.2) is 4.68 Å². The molecule has 3 nitrogen and oxygen atoms in total. The van der Waals surface area contributed by atoms with Crippen LogP contribution >= 0.6 is 27.5 Å². The summed E-state index contributed by atoms with van der Waals surface area (Å²) < 4.78 is 21.6. The lowest BCUT2D eigenvalue weighted by Crippen LogP contribution is -2.18. The maximum absolute atomic E-state index is 12.8. The molecule has 1 unspecified atom stereocenters. The van der Waals surface area contributed by atoms with E-state index in [0.717, 1.165) is 53.2 Å². The average molecular weight is 388 g/mol. The van der Waals surface area contributed by atoms with E-state index in [4.69, 9.17) is 16.3 Å². The van der Waals surface area contributed by atoms with Crippen LogP contribution in [0.3, 0.4) is 0 Å². The van der Waals surface area contributed by atoms with Crippen molar-refractivity contribution in [2.45, 2.75) is 37.8 Å².